The summed E-state index contributed by atoms with van der Waals surface area (Å²) in [6, 6.07) is 13.8. The molecule has 3 aromatic rings. The van der Waals surface area contributed by atoms with Crippen LogP contribution >= 0.6 is 0 Å². The normalized spacial score (nSPS) is 10.1. The predicted octanol–water partition coefficient (Wildman–Crippen LogP) is 2.29. The highest BCUT2D eigenvalue weighted by Crippen LogP contribution is 2.02. The van der Waals surface area contributed by atoms with E-state index in [4.69, 9.17) is 4.74 Å². The number of pyridine rings is 1. The van der Waals surface area contributed by atoms with Crippen LogP contribution in [-0.2, 0) is 17.9 Å². The molecule has 2 aromatic heterocycles. The van der Waals surface area contributed by atoms with Crippen molar-refractivity contribution in [3.05, 3.63) is 77.9 Å². The van der Waals surface area contributed by atoms with Crippen LogP contribution in [-0.4, -0.2) is 26.6 Å². The Kier molecular flexibility index (Phi) is 5.12. The molecule has 5 nitrogen and oxygen atoms in total. The third kappa shape index (κ3) is 4.77. The summed E-state index contributed by atoms with van der Waals surface area (Å²) >= 11 is 0. The highest BCUT2D eigenvalue weighted by atomic mass is 16.5. The third-order valence-electron chi connectivity index (χ3n) is 3.14. The lowest BCUT2D eigenvalue weighted by Crippen LogP contribution is -2.07. The summed E-state index contributed by atoms with van der Waals surface area (Å²) < 4.78 is 7.31. The van der Waals surface area contributed by atoms with Gasteiger partial charge in [0.15, 0.2) is 0 Å². The molecule has 0 amide bonds. The topological polar surface area (TPSA) is 52.8 Å². The van der Waals surface area contributed by atoms with Crippen molar-refractivity contribution in [1.29, 1.82) is 0 Å². The van der Waals surface area contributed by atoms with E-state index in [9.17, 15) is 0 Å². The molecule has 114 valence electrons. The Hall–Kier alpha value is -2.97. The first kappa shape index (κ1) is 14.9. The van der Waals surface area contributed by atoms with Gasteiger partial charge in [-0.15, -0.1) is 5.10 Å². The van der Waals surface area contributed by atoms with E-state index in [-0.39, 0.29) is 0 Å². The van der Waals surface area contributed by atoms with Crippen molar-refractivity contribution in [1.82, 2.24) is 20.0 Å². The monoisotopic (exact) mass is 304 g/mol. The highest BCUT2D eigenvalue weighted by molar-refractivity contribution is 5.41. The minimum atomic E-state index is 0.473. The molecule has 0 spiro atoms. The first-order valence-electron chi connectivity index (χ1n) is 7.34. The Morgan fingerprint density at radius 3 is 2.61 bits per heavy atom. The average molecular weight is 304 g/mol. The fraction of sp³-hybridized carbons (Fsp3) is 0.167. The van der Waals surface area contributed by atoms with Crippen LogP contribution in [0.1, 0.15) is 16.8 Å². The number of hydrogen-bond donors (Lipinski definition) is 0. The Morgan fingerprint density at radius 2 is 1.87 bits per heavy atom. The van der Waals surface area contributed by atoms with Gasteiger partial charge >= 0.3 is 0 Å². The number of hydrogen-bond acceptors (Lipinski definition) is 4. The van der Waals surface area contributed by atoms with Crippen LogP contribution in [0.15, 0.2) is 61.1 Å². The lowest BCUT2D eigenvalue weighted by molar-refractivity contribution is 0.108. The summed E-state index contributed by atoms with van der Waals surface area (Å²) in [4.78, 5) is 4.36. The maximum Gasteiger partial charge on any atom is 0.0888 e. The molecule has 23 heavy (non-hydrogen) atoms. The van der Waals surface area contributed by atoms with E-state index in [1.54, 1.807) is 17.1 Å². The summed E-state index contributed by atoms with van der Waals surface area (Å²) in [5.74, 6) is 6.21. The summed E-state index contributed by atoms with van der Waals surface area (Å²) in [5, 5.41) is 7.61. The molecule has 2 heterocycles. The second-order valence-electron chi connectivity index (χ2n) is 4.87. The second-order valence-corrected chi connectivity index (χ2v) is 4.87. The van der Waals surface area contributed by atoms with Crippen LogP contribution in [0, 0.1) is 11.8 Å². The van der Waals surface area contributed by atoms with E-state index in [0.717, 1.165) is 16.8 Å². The Morgan fingerprint density at radius 1 is 1.00 bits per heavy atom. The van der Waals surface area contributed by atoms with Crippen LogP contribution in [0.2, 0.25) is 0 Å². The van der Waals surface area contributed by atoms with Crippen molar-refractivity contribution in [2.45, 2.75) is 13.2 Å². The predicted molar refractivity (Wildman–Crippen MR) is 86.3 cm³/mol. The standard InChI is InChI=1S/C18H16N4O/c1-2-4-16(5-3-1)6-7-17-8-9-18(19-14-17)15-23-13-12-22-11-10-20-21-22/h1-5,8-11,14H,12-13,15H2. The maximum atomic E-state index is 5.58. The molecule has 0 aliphatic rings. The lowest BCUT2D eigenvalue weighted by atomic mass is 10.2. The van der Waals surface area contributed by atoms with Gasteiger partial charge in [-0.25, -0.2) is 0 Å². The summed E-state index contributed by atoms with van der Waals surface area (Å²) in [5.41, 5.74) is 2.77. The maximum absolute atomic E-state index is 5.58. The quantitative estimate of drug-likeness (QED) is 0.536. The van der Waals surface area contributed by atoms with E-state index in [1.165, 1.54) is 0 Å². The molecule has 0 aliphatic carbocycles. The molecule has 0 atom stereocenters. The van der Waals surface area contributed by atoms with Gasteiger partial charge in [-0.05, 0) is 24.3 Å². The van der Waals surface area contributed by atoms with Crippen molar-refractivity contribution < 1.29 is 4.74 Å². The van der Waals surface area contributed by atoms with Gasteiger partial charge in [0, 0.05) is 23.5 Å². The van der Waals surface area contributed by atoms with Crippen LogP contribution in [0.3, 0.4) is 0 Å². The SMILES string of the molecule is C(#Cc1ccc(COCCn2ccnn2)nc1)c1ccccc1. The second kappa shape index (κ2) is 7.87. The minimum Gasteiger partial charge on any atom is -0.373 e. The van der Waals surface area contributed by atoms with Gasteiger partial charge in [0.1, 0.15) is 0 Å². The zero-order valence-corrected chi connectivity index (χ0v) is 12.6. The Labute approximate surface area is 134 Å². The Balaban J connectivity index is 1.48. The molecule has 1 aromatic carbocycles. The number of nitrogens with zero attached hydrogens (tertiary/aromatic N) is 4. The summed E-state index contributed by atoms with van der Waals surface area (Å²) in [6.45, 7) is 1.72. The van der Waals surface area contributed by atoms with Crippen molar-refractivity contribution >= 4 is 0 Å². The lowest BCUT2D eigenvalue weighted by Gasteiger charge is -2.03. The third-order valence-corrected chi connectivity index (χ3v) is 3.14. The Bertz CT molecular complexity index is 771. The molecule has 0 unspecified atom stereocenters. The number of benzene rings is 1. The van der Waals surface area contributed by atoms with E-state index in [0.29, 0.717) is 19.8 Å². The van der Waals surface area contributed by atoms with Gasteiger partial charge in [0.25, 0.3) is 0 Å². The van der Waals surface area contributed by atoms with E-state index in [1.807, 2.05) is 48.7 Å². The van der Waals surface area contributed by atoms with Crippen molar-refractivity contribution in [3.8, 4) is 11.8 Å². The van der Waals surface area contributed by atoms with Crippen molar-refractivity contribution in [2.75, 3.05) is 6.61 Å². The molecular weight excluding hydrogens is 288 g/mol. The molecule has 0 saturated carbocycles. The molecule has 5 heteroatoms. The van der Waals surface area contributed by atoms with Gasteiger partial charge in [-0.1, -0.05) is 35.3 Å². The van der Waals surface area contributed by atoms with Crippen LogP contribution in [0.5, 0.6) is 0 Å². The molecule has 0 radical (unpaired) electrons. The average Bonchev–Trinajstić information content (AvgIpc) is 3.12. The van der Waals surface area contributed by atoms with E-state index in [2.05, 4.69) is 27.1 Å². The fourth-order valence-corrected chi connectivity index (χ4v) is 1.94. The van der Waals surface area contributed by atoms with Gasteiger partial charge < -0.3 is 4.74 Å². The zero-order valence-electron chi connectivity index (χ0n) is 12.6. The molecule has 0 N–H and O–H groups in total. The van der Waals surface area contributed by atoms with Gasteiger partial charge in [-0.2, -0.15) is 0 Å². The zero-order chi connectivity index (χ0) is 15.7. The highest BCUT2D eigenvalue weighted by Gasteiger charge is 1.97. The molecule has 0 bridgehead atoms. The number of ether oxygens (including phenoxy) is 1. The van der Waals surface area contributed by atoms with E-state index < -0.39 is 0 Å². The fourth-order valence-electron chi connectivity index (χ4n) is 1.94. The number of aromatic nitrogens is 4. The van der Waals surface area contributed by atoms with Gasteiger partial charge in [0.2, 0.25) is 0 Å². The largest absolute Gasteiger partial charge is 0.373 e. The van der Waals surface area contributed by atoms with Crippen LogP contribution in [0.4, 0.5) is 0 Å². The molecule has 0 saturated heterocycles. The summed E-state index contributed by atoms with van der Waals surface area (Å²) in [6.07, 6.45) is 5.23. The summed E-state index contributed by atoms with van der Waals surface area (Å²) in [7, 11) is 0. The molecular formula is C18H16N4O. The van der Waals surface area contributed by atoms with Crippen LogP contribution < -0.4 is 0 Å². The van der Waals surface area contributed by atoms with Crippen LogP contribution in [0.25, 0.3) is 0 Å². The molecule has 0 fully saturated rings. The molecule has 3 rings (SSSR count). The van der Waals surface area contributed by atoms with Gasteiger partial charge in [0.05, 0.1) is 31.6 Å². The molecule has 0 aliphatic heterocycles. The van der Waals surface area contributed by atoms with Gasteiger partial charge in [-0.3, -0.25) is 9.67 Å². The van der Waals surface area contributed by atoms with Crippen molar-refractivity contribution in [3.63, 3.8) is 0 Å². The minimum absolute atomic E-state index is 0.473. The first-order chi connectivity index (χ1) is 11.4. The van der Waals surface area contributed by atoms with Crippen molar-refractivity contribution in [2.24, 2.45) is 0 Å². The smallest absolute Gasteiger partial charge is 0.0888 e. The number of rotatable bonds is 5. The van der Waals surface area contributed by atoms with E-state index >= 15 is 0 Å². The first-order valence-corrected chi connectivity index (χ1v) is 7.34.